The fraction of sp³-hybridized carbons (Fsp3) is 0.0769. The maximum atomic E-state index is 13.9. The predicted molar refractivity (Wildman–Crippen MR) is 60.8 cm³/mol. The molecule has 0 radical (unpaired) electrons. The quantitative estimate of drug-likeness (QED) is 0.483. The first-order chi connectivity index (χ1) is 9.49. The molecule has 0 unspecified atom stereocenters. The number of rotatable bonds is 2. The number of nitrogens with zero attached hydrogens (tertiary/aromatic N) is 1. The van der Waals surface area contributed by atoms with Gasteiger partial charge in [-0.05, 0) is 6.07 Å². The average molecular weight is 285 g/mol. The molecule has 1 aromatic carbocycles. The molecule has 2 rings (SSSR count). The van der Waals surface area contributed by atoms with Gasteiger partial charge in [-0.15, -0.1) is 0 Å². The summed E-state index contributed by atoms with van der Waals surface area (Å²) < 4.78 is 59.3. The molecular weight excluding hydrogens is 278 g/mol. The molecule has 0 fully saturated rings. The van der Waals surface area contributed by atoms with Gasteiger partial charge in [-0.25, -0.2) is 22.4 Å². The topological polar surface area (TPSA) is 39.2 Å². The molecule has 0 aliphatic carbocycles. The highest BCUT2D eigenvalue weighted by Gasteiger charge is 2.30. The van der Waals surface area contributed by atoms with Crippen LogP contribution in [0.3, 0.4) is 0 Å². The van der Waals surface area contributed by atoms with Gasteiger partial charge in [0.2, 0.25) is 0 Å². The standard InChI is InChI=1S/C13H7F4NO2/c1-20-13(19)8-11(16)9(14)7(10(15)12(8)17)6-3-2-4-18-5-6/h2-5H,1H3. The van der Waals surface area contributed by atoms with Crippen molar-refractivity contribution in [3.63, 3.8) is 0 Å². The molecule has 0 saturated carbocycles. The van der Waals surface area contributed by atoms with E-state index in [1.54, 1.807) is 0 Å². The average Bonchev–Trinajstić information content (AvgIpc) is 2.46. The van der Waals surface area contributed by atoms with E-state index in [0.29, 0.717) is 0 Å². The summed E-state index contributed by atoms with van der Waals surface area (Å²) in [6.45, 7) is 0. The molecular formula is C13H7F4NO2. The van der Waals surface area contributed by atoms with E-state index < -0.39 is 40.4 Å². The Morgan fingerprint density at radius 2 is 1.70 bits per heavy atom. The van der Waals surface area contributed by atoms with Gasteiger partial charge in [-0.2, -0.15) is 0 Å². The lowest BCUT2D eigenvalue weighted by atomic mass is 10.0. The van der Waals surface area contributed by atoms with Crippen LogP contribution in [0.15, 0.2) is 24.5 Å². The smallest absolute Gasteiger partial charge is 0.344 e. The molecule has 20 heavy (non-hydrogen) atoms. The molecule has 0 atom stereocenters. The van der Waals surface area contributed by atoms with E-state index in [0.717, 1.165) is 13.3 Å². The number of methoxy groups -OCH3 is 1. The van der Waals surface area contributed by atoms with Crippen molar-refractivity contribution in [1.82, 2.24) is 4.98 Å². The minimum absolute atomic E-state index is 0.156. The van der Waals surface area contributed by atoms with Crippen molar-refractivity contribution in [3.8, 4) is 11.1 Å². The van der Waals surface area contributed by atoms with Crippen LogP contribution in [-0.2, 0) is 4.74 Å². The summed E-state index contributed by atoms with van der Waals surface area (Å²) in [6.07, 6.45) is 2.37. The molecule has 1 aromatic heterocycles. The van der Waals surface area contributed by atoms with Crippen molar-refractivity contribution in [2.45, 2.75) is 0 Å². The van der Waals surface area contributed by atoms with Crippen molar-refractivity contribution in [2.75, 3.05) is 7.11 Å². The number of benzene rings is 1. The lowest BCUT2D eigenvalue weighted by Gasteiger charge is -2.10. The maximum Gasteiger partial charge on any atom is 0.344 e. The van der Waals surface area contributed by atoms with Crippen LogP contribution >= 0.6 is 0 Å². The van der Waals surface area contributed by atoms with E-state index >= 15 is 0 Å². The molecule has 0 bridgehead atoms. The Bertz CT molecular complexity index is 645. The van der Waals surface area contributed by atoms with E-state index in [1.165, 1.54) is 18.3 Å². The number of esters is 1. The number of aromatic nitrogens is 1. The molecule has 7 heteroatoms. The molecule has 0 spiro atoms. The third-order valence-electron chi connectivity index (χ3n) is 2.60. The molecule has 3 nitrogen and oxygen atoms in total. The minimum atomic E-state index is -1.81. The second-order valence-electron chi connectivity index (χ2n) is 3.74. The van der Waals surface area contributed by atoms with Crippen LogP contribution in [0.25, 0.3) is 11.1 Å². The van der Waals surface area contributed by atoms with Crippen molar-refractivity contribution >= 4 is 5.97 Å². The summed E-state index contributed by atoms with van der Waals surface area (Å²) in [4.78, 5) is 14.8. The van der Waals surface area contributed by atoms with E-state index in [4.69, 9.17) is 0 Å². The monoisotopic (exact) mass is 285 g/mol. The molecule has 0 saturated heterocycles. The zero-order chi connectivity index (χ0) is 14.9. The molecule has 0 N–H and O–H groups in total. The number of halogens is 4. The van der Waals surface area contributed by atoms with Gasteiger partial charge < -0.3 is 4.74 Å². The van der Waals surface area contributed by atoms with Gasteiger partial charge in [0.1, 0.15) is 5.56 Å². The summed E-state index contributed by atoms with van der Waals surface area (Å²) in [5.74, 6) is -8.49. The number of carbonyl (C=O) groups is 1. The highest BCUT2D eigenvalue weighted by molar-refractivity contribution is 5.91. The third-order valence-corrected chi connectivity index (χ3v) is 2.60. The van der Waals surface area contributed by atoms with Crippen LogP contribution in [-0.4, -0.2) is 18.1 Å². The number of ether oxygens (including phenoxy) is 1. The van der Waals surface area contributed by atoms with Gasteiger partial charge in [0.25, 0.3) is 0 Å². The lowest BCUT2D eigenvalue weighted by Crippen LogP contribution is -2.13. The summed E-state index contributed by atoms with van der Waals surface area (Å²) in [5, 5.41) is 0. The van der Waals surface area contributed by atoms with Gasteiger partial charge >= 0.3 is 5.97 Å². The first-order valence-electron chi connectivity index (χ1n) is 5.33. The molecule has 0 aliphatic heterocycles. The first kappa shape index (κ1) is 14.0. The Hall–Kier alpha value is -2.44. The SMILES string of the molecule is COC(=O)c1c(F)c(F)c(-c2cccnc2)c(F)c1F. The number of hydrogen-bond donors (Lipinski definition) is 0. The fourth-order valence-electron chi connectivity index (χ4n) is 1.68. The lowest BCUT2D eigenvalue weighted by molar-refractivity contribution is 0.0587. The zero-order valence-corrected chi connectivity index (χ0v) is 10.1. The minimum Gasteiger partial charge on any atom is -0.465 e. The number of hydrogen-bond acceptors (Lipinski definition) is 3. The van der Waals surface area contributed by atoms with Gasteiger partial charge in [0, 0.05) is 18.0 Å². The highest BCUT2D eigenvalue weighted by atomic mass is 19.2. The van der Waals surface area contributed by atoms with E-state index in [-0.39, 0.29) is 5.56 Å². The third kappa shape index (κ3) is 2.11. The largest absolute Gasteiger partial charge is 0.465 e. The predicted octanol–water partition coefficient (Wildman–Crippen LogP) is 3.09. The van der Waals surface area contributed by atoms with Crippen LogP contribution in [0.1, 0.15) is 10.4 Å². The Kier molecular flexibility index (Phi) is 3.69. The second kappa shape index (κ2) is 5.28. The normalized spacial score (nSPS) is 10.4. The first-order valence-corrected chi connectivity index (χ1v) is 5.33. The Balaban J connectivity index is 2.78. The van der Waals surface area contributed by atoms with Gasteiger partial charge in [-0.3, -0.25) is 4.98 Å². The van der Waals surface area contributed by atoms with Crippen molar-refractivity contribution in [2.24, 2.45) is 0 Å². The Morgan fingerprint density at radius 1 is 1.10 bits per heavy atom. The van der Waals surface area contributed by atoms with Crippen molar-refractivity contribution in [3.05, 3.63) is 53.4 Å². The van der Waals surface area contributed by atoms with E-state index in [1.807, 2.05) is 0 Å². The van der Waals surface area contributed by atoms with Crippen LogP contribution in [0.2, 0.25) is 0 Å². The van der Waals surface area contributed by atoms with Gasteiger partial charge in [0.15, 0.2) is 23.3 Å². The number of carbonyl (C=O) groups excluding carboxylic acids is 1. The van der Waals surface area contributed by atoms with Crippen LogP contribution < -0.4 is 0 Å². The molecule has 104 valence electrons. The van der Waals surface area contributed by atoms with Crippen molar-refractivity contribution in [1.29, 1.82) is 0 Å². The second-order valence-corrected chi connectivity index (χ2v) is 3.74. The van der Waals surface area contributed by atoms with Crippen LogP contribution in [0.5, 0.6) is 0 Å². The zero-order valence-electron chi connectivity index (χ0n) is 10.1. The Morgan fingerprint density at radius 3 is 2.15 bits per heavy atom. The molecule has 1 heterocycles. The molecule has 0 aliphatic rings. The summed E-state index contributed by atoms with van der Waals surface area (Å²) in [6, 6.07) is 2.57. The Labute approximate surface area is 110 Å². The summed E-state index contributed by atoms with van der Waals surface area (Å²) in [5.41, 5.74) is -2.49. The van der Waals surface area contributed by atoms with Gasteiger partial charge in [0.05, 0.1) is 12.7 Å². The molecule has 0 amide bonds. The fourth-order valence-corrected chi connectivity index (χ4v) is 1.68. The maximum absolute atomic E-state index is 13.9. The molecule has 2 aromatic rings. The summed E-state index contributed by atoms with van der Waals surface area (Å²) in [7, 11) is 0.839. The van der Waals surface area contributed by atoms with Gasteiger partial charge in [-0.1, -0.05) is 6.07 Å². The van der Waals surface area contributed by atoms with Crippen LogP contribution in [0.4, 0.5) is 17.6 Å². The van der Waals surface area contributed by atoms with E-state index in [9.17, 15) is 22.4 Å². The van der Waals surface area contributed by atoms with Crippen molar-refractivity contribution < 1.29 is 27.1 Å². The van der Waals surface area contributed by atoms with Crippen LogP contribution in [0, 0.1) is 23.3 Å². The number of pyridine rings is 1. The summed E-state index contributed by atoms with van der Waals surface area (Å²) >= 11 is 0. The van der Waals surface area contributed by atoms with E-state index in [2.05, 4.69) is 9.72 Å². The highest BCUT2D eigenvalue weighted by Crippen LogP contribution is 2.31.